The van der Waals surface area contributed by atoms with Crippen molar-refractivity contribution in [2.24, 2.45) is 0 Å². The van der Waals surface area contributed by atoms with Crippen molar-refractivity contribution in [1.82, 2.24) is 5.32 Å². The lowest BCUT2D eigenvalue weighted by Crippen LogP contribution is -2.23. The van der Waals surface area contributed by atoms with E-state index in [9.17, 15) is 5.11 Å². The van der Waals surface area contributed by atoms with Crippen molar-refractivity contribution in [3.8, 4) is 0 Å². The Kier molecular flexibility index (Phi) is 4.08. The number of aliphatic hydroxyl groups excluding tert-OH is 1. The smallest absolute Gasteiger partial charge is 0.0804 e. The molecule has 0 amide bonds. The fraction of sp³-hybridized carbons (Fsp3) is 0.625. The third-order valence-electron chi connectivity index (χ3n) is 3.83. The zero-order valence-corrected chi connectivity index (χ0v) is 11.7. The number of benzene rings is 1. The number of hydrogen-bond acceptors (Lipinski definition) is 2. The summed E-state index contributed by atoms with van der Waals surface area (Å²) in [4.78, 5) is 0. The molecule has 2 atom stereocenters. The summed E-state index contributed by atoms with van der Waals surface area (Å²) in [7, 11) is 0. The molecule has 1 aromatic rings. The van der Waals surface area contributed by atoms with Crippen LogP contribution in [0.5, 0.6) is 0 Å². The lowest BCUT2D eigenvalue weighted by atomic mass is 9.86. The molecule has 0 aromatic heterocycles. The minimum absolute atomic E-state index is 0.177. The fourth-order valence-corrected chi connectivity index (χ4v) is 2.57. The van der Waals surface area contributed by atoms with Gasteiger partial charge in [0.1, 0.15) is 0 Å². The largest absolute Gasteiger partial charge is 0.388 e. The van der Waals surface area contributed by atoms with Gasteiger partial charge in [-0.25, -0.2) is 0 Å². The summed E-state index contributed by atoms with van der Waals surface area (Å²) in [5, 5.41) is 13.7. The molecule has 2 nitrogen and oxygen atoms in total. The Balaban J connectivity index is 2.00. The minimum Gasteiger partial charge on any atom is -0.388 e. The molecule has 2 rings (SSSR count). The molecule has 0 bridgehead atoms. The molecule has 18 heavy (non-hydrogen) atoms. The normalized spacial score (nSPS) is 22.1. The SMILES string of the molecule is CC(C)(C)c1ccc(C(O)CC2CCCN2)cc1. The maximum atomic E-state index is 10.2. The molecule has 2 heteroatoms. The van der Waals surface area contributed by atoms with E-state index < -0.39 is 0 Å². The Morgan fingerprint density at radius 3 is 2.44 bits per heavy atom. The Labute approximate surface area is 110 Å². The van der Waals surface area contributed by atoms with Crippen LogP contribution >= 0.6 is 0 Å². The van der Waals surface area contributed by atoms with Crippen molar-refractivity contribution >= 4 is 0 Å². The van der Waals surface area contributed by atoms with Gasteiger partial charge in [-0.15, -0.1) is 0 Å². The van der Waals surface area contributed by atoms with Crippen molar-refractivity contribution in [1.29, 1.82) is 0 Å². The zero-order chi connectivity index (χ0) is 13.2. The first-order valence-corrected chi connectivity index (χ1v) is 6.99. The van der Waals surface area contributed by atoms with Gasteiger partial charge < -0.3 is 10.4 Å². The van der Waals surface area contributed by atoms with Gasteiger partial charge in [-0.05, 0) is 42.3 Å². The Morgan fingerprint density at radius 1 is 1.28 bits per heavy atom. The first-order valence-electron chi connectivity index (χ1n) is 6.99. The van der Waals surface area contributed by atoms with Gasteiger partial charge in [0.25, 0.3) is 0 Å². The van der Waals surface area contributed by atoms with Crippen LogP contribution in [-0.2, 0) is 5.41 Å². The average Bonchev–Trinajstić information content (AvgIpc) is 2.81. The van der Waals surface area contributed by atoms with Crippen LogP contribution in [0.2, 0.25) is 0 Å². The lowest BCUT2D eigenvalue weighted by Gasteiger charge is -2.21. The third-order valence-corrected chi connectivity index (χ3v) is 3.83. The lowest BCUT2D eigenvalue weighted by molar-refractivity contribution is 0.154. The van der Waals surface area contributed by atoms with Crippen LogP contribution in [0.1, 0.15) is 57.3 Å². The summed E-state index contributed by atoms with van der Waals surface area (Å²) in [6, 6.07) is 8.91. The van der Waals surface area contributed by atoms with Crippen LogP contribution < -0.4 is 5.32 Å². The van der Waals surface area contributed by atoms with Gasteiger partial charge in [-0.2, -0.15) is 0 Å². The van der Waals surface area contributed by atoms with E-state index in [1.165, 1.54) is 18.4 Å². The summed E-state index contributed by atoms with van der Waals surface area (Å²) in [5.41, 5.74) is 2.53. The van der Waals surface area contributed by atoms with Crippen LogP contribution in [0.15, 0.2) is 24.3 Å². The quantitative estimate of drug-likeness (QED) is 0.860. The van der Waals surface area contributed by atoms with Gasteiger partial charge in [0.05, 0.1) is 6.10 Å². The average molecular weight is 247 g/mol. The molecular weight excluding hydrogens is 222 g/mol. The Morgan fingerprint density at radius 2 is 1.94 bits per heavy atom. The second-order valence-corrected chi connectivity index (χ2v) is 6.42. The van der Waals surface area contributed by atoms with Crippen molar-refractivity contribution in [3.63, 3.8) is 0 Å². The molecule has 0 aliphatic carbocycles. The van der Waals surface area contributed by atoms with Crippen molar-refractivity contribution in [3.05, 3.63) is 35.4 Å². The van der Waals surface area contributed by atoms with E-state index in [4.69, 9.17) is 0 Å². The van der Waals surface area contributed by atoms with Gasteiger partial charge >= 0.3 is 0 Å². The molecular formula is C16H25NO. The second-order valence-electron chi connectivity index (χ2n) is 6.42. The van der Waals surface area contributed by atoms with E-state index in [-0.39, 0.29) is 11.5 Å². The Hall–Kier alpha value is -0.860. The highest BCUT2D eigenvalue weighted by molar-refractivity contribution is 5.28. The Bertz CT molecular complexity index is 371. The maximum Gasteiger partial charge on any atom is 0.0804 e. The van der Waals surface area contributed by atoms with Crippen LogP contribution in [0.25, 0.3) is 0 Å². The summed E-state index contributed by atoms with van der Waals surface area (Å²) in [5.74, 6) is 0. The van der Waals surface area contributed by atoms with Gasteiger partial charge in [-0.3, -0.25) is 0 Å². The highest BCUT2D eigenvalue weighted by Crippen LogP contribution is 2.26. The first-order chi connectivity index (χ1) is 8.47. The molecule has 0 radical (unpaired) electrons. The molecule has 1 heterocycles. The van der Waals surface area contributed by atoms with Gasteiger partial charge in [0.15, 0.2) is 0 Å². The second kappa shape index (κ2) is 5.41. The van der Waals surface area contributed by atoms with E-state index in [0.29, 0.717) is 6.04 Å². The topological polar surface area (TPSA) is 32.3 Å². The molecule has 1 fully saturated rings. The molecule has 1 aliphatic rings. The number of rotatable bonds is 3. The standard InChI is InChI=1S/C16H25NO/c1-16(2,3)13-8-6-12(7-9-13)15(18)11-14-5-4-10-17-14/h6-9,14-15,17-18H,4-5,10-11H2,1-3H3. The molecule has 2 N–H and O–H groups in total. The molecule has 2 unspecified atom stereocenters. The summed E-state index contributed by atoms with van der Waals surface area (Å²) < 4.78 is 0. The summed E-state index contributed by atoms with van der Waals surface area (Å²) in [6.45, 7) is 7.73. The zero-order valence-electron chi connectivity index (χ0n) is 11.7. The summed E-state index contributed by atoms with van der Waals surface area (Å²) >= 11 is 0. The third kappa shape index (κ3) is 3.33. The predicted molar refractivity (Wildman–Crippen MR) is 75.7 cm³/mol. The van der Waals surface area contributed by atoms with E-state index >= 15 is 0 Å². The van der Waals surface area contributed by atoms with Crippen molar-refractivity contribution in [2.45, 2.75) is 57.6 Å². The van der Waals surface area contributed by atoms with Gasteiger partial charge in [0, 0.05) is 6.04 Å². The van der Waals surface area contributed by atoms with Crippen LogP contribution in [-0.4, -0.2) is 17.7 Å². The first kappa shape index (κ1) is 13.6. The maximum absolute atomic E-state index is 10.2. The summed E-state index contributed by atoms with van der Waals surface area (Å²) in [6.07, 6.45) is 2.92. The fourth-order valence-electron chi connectivity index (χ4n) is 2.57. The molecule has 0 spiro atoms. The van der Waals surface area contributed by atoms with E-state index in [2.05, 4.69) is 50.4 Å². The molecule has 100 valence electrons. The monoisotopic (exact) mass is 247 g/mol. The van der Waals surface area contributed by atoms with Gasteiger partial charge in [0.2, 0.25) is 0 Å². The highest BCUT2D eigenvalue weighted by Gasteiger charge is 2.20. The molecule has 1 aliphatic heterocycles. The van der Waals surface area contributed by atoms with Gasteiger partial charge in [-0.1, -0.05) is 45.0 Å². The number of hydrogen-bond donors (Lipinski definition) is 2. The van der Waals surface area contributed by atoms with Crippen molar-refractivity contribution < 1.29 is 5.11 Å². The van der Waals surface area contributed by atoms with Crippen molar-refractivity contribution in [2.75, 3.05) is 6.54 Å². The van der Waals surface area contributed by atoms with Crippen LogP contribution in [0, 0.1) is 0 Å². The van der Waals surface area contributed by atoms with E-state index in [1.54, 1.807) is 0 Å². The molecule has 1 saturated heterocycles. The van der Waals surface area contributed by atoms with Crippen LogP contribution in [0.4, 0.5) is 0 Å². The number of aliphatic hydroxyl groups is 1. The van der Waals surface area contributed by atoms with Crippen LogP contribution in [0.3, 0.4) is 0 Å². The molecule has 1 aromatic carbocycles. The number of nitrogens with one attached hydrogen (secondary N) is 1. The molecule has 0 saturated carbocycles. The van der Waals surface area contributed by atoms with E-state index in [1.807, 2.05) is 0 Å². The predicted octanol–water partition coefficient (Wildman–Crippen LogP) is 3.16. The minimum atomic E-state index is -0.338. The highest BCUT2D eigenvalue weighted by atomic mass is 16.3. The van der Waals surface area contributed by atoms with E-state index in [0.717, 1.165) is 18.5 Å².